The van der Waals surface area contributed by atoms with E-state index in [4.69, 9.17) is 17.0 Å². The molecule has 28 heavy (non-hydrogen) atoms. The van der Waals surface area contributed by atoms with Gasteiger partial charge in [-0.3, -0.25) is 4.79 Å². The van der Waals surface area contributed by atoms with Crippen molar-refractivity contribution < 1.29 is 9.53 Å². The van der Waals surface area contributed by atoms with Gasteiger partial charge in [-0.2, -0.15) is 0 Å². The van der Waals surface area contributed by atoms with E-state index in [1.54, 1.807) is 6.08 Å². The zero-order valence-electron chi connectivity index (χ0n) is 15.4. The zero-order chi connectivity index (χ0) is 19.6. The van der Waals surface area contributed by atoms with Gasteiger partial charge in [0.15, 0.2) is 0 Å². The van der Waals surface area contributed by atoms with Gasteiger partial charge >= 0.3 is 0 Å². The maximum atomic E-state index is 12.9. The summed E-state index contributed by atoms with van der Waals surface area (Å²) in [5.41, 5.74) is 2.78. The Kier molecular flexibility index (Phi) is 7.10. The Morgan fingerprint density at radius 1 is 0.857 bits per heavy atom. The largest absolute Gasteiger partial charge is 0.470 e. The molecule has 4 heteroatoms. The Bertz CT molecular complexity index is 925. The van der Waals surface area contributed by atoms with Gasteiger partial charge in [-0.25, -0.2) is 4.90 Å². The molecule has 3 aromatic carbocycles. The number of ether oxygens (including phenoxy) is 1. The number of thiocarbonyl (C=S) groups is 1. The predicted molar refractivity (Wildman–Crippen MR) is 118 cm³/mol. The van der Waals surface area contributed by atoms with Gasteiger partial charge < -0.3 is 4.74 Å². The van der Waals surface area contributed by atoms with Crippen LogP contribution in [0.25, 0.3) is 6.08 Å². The Morgan fingerprint density at radius 3 is 2.07 bits per heavy atom. The quantitative estimate of drug-likeness (QED) is 0.426. The van der Waals surface area contributed by atoms with Crippen LogP contribution in [0.5, 0.6) is 0 Å². The van der Waals surface area contributed by atoms with E-state index >= 15 is 0 Å². The van der Waals surface area contributed by atoms with Crippen LogP contribution in [0.1, 0.15) is 11.1 Å². The highest BCUT2D eigenvalue weighted by atomic mass is 32.1. The normalized spacial score (nSPS) is 10.6. The van der Waals surface area contributed by atoms with Crippen molar-refractivity contribution in [1.29, 1.82) is 0 Å². The number of benzene rings is 3. The average Bonchev–Trinajstić information content (AvgIpc) is 2.75. The number of hydrogen-bond acceptors (Lipinski definition) is 3. The van der Waals surface area contributed by atoms with Crippen LogP contribution in [-0.2, 0) is 16.0 Å². The van der Waals surface area contributed by atoms with Crippen molar-refractivity contribution in [1.82, 2.24) is 0 Å². The summed E-state index contributed by atoms with van der Waals surface area (Å²) in [7, 11) is 0. The summed E-state index contributed by atoms with van der Waals surface area (Å²) in [5, 5.41) is 0.143. The lowest BCUT2D eigenvalue weighted by molar-refractivity contribution is -0.113. The van der Waals surface area contributed by atoms with Gasteiger partial charge in [-0.05, 0) is 41.6 Å². The Morgan fingerprint density at radius 2 is 1.43 bits per heavy atom. The van der Waals surface area contributed by atoms with Crippen LogP contribution in [-0.4, -0.2) is 17.7 Å². The number of rotatable bonds is 6. The summed E-state index contributed by atoms with van der Waals surface area (Å²) in [5.74, 6) is -0.250. The zero-order valence-corrected chi connectivity index (χ0v) is 16.2. The molecule has 0 unspecified atom stereocenters. The number of para-hydroxylation sites is 1. The molecule has 1 amide bonds. The molecule has 0 aliphatic rings. The molecule has 0 saturated carbocycles. The molecule has 0 bridgehead atoms. The van der Waals surface area contributed by atoms with Gasteiger partial charge in [0, 0.05) is 12.5 Å². The fraction of sp³-hybridized carbons (Fsp3) is 0.0833. The number of anilines is 1. The van der Waals surface area contributed by atoms with Crippen LogP contribution in [0.4, 0.5) is 5.69 Å². The molecule has 0 aromatic heterocycles. The van der Waals surface area contributed by atoms with Gasteiger partial charge in [0.05, 0.1) is 12.3 Å². The van der Waals surface area contributed by atoms with Gasteiger partial charge in [-0.1, -0.05) is 78.9 Å². The number of nitrogens with zero attached hydrogens (tertiary/aromatic N) is 1. The lowest BCUT2D eigenvalue weighted by atomic mass is 10.2. The molecule has 0 spiro atoms. The first-order valence-corrected chi connectivity index (χ1v) is 9.48. The van der Waals surface area contributed by atoms with Crippen LogP contribution in [0, 0.1) is 0 Å². The van der Waals surface area contributed by atoms with E-state index < -0.39 is 0 Å². The minimum Gasteiger partial charge on any atom is -0.470 e. The molecule has 0 radical (unpaired) electrons. The highest BCUT2D eigenvalue weighted by Gasteiger charge is 2.19. The van der Waals surface area contributed by atoms with Crippen molar-refractivity contribution in [3.05, 3.63) is 108 Å². The fourth-order valence-corrected chi connectivity index (χ4v) is 2.95. The maximum absolute atomic E-state index is 12.9. The number of hydrogen-bond donors (Lipinski definition) is 0. The second-order valence-corrected chi connectivity index (χ2v) is 6.45. The van der Waals surface area contributed by atoms with Gasteiger partial charge in [0.25, 0.3) is 11.1 Å². The van der Waals surface area contributed by atoms with Crippen molar-refractivity contribution in [3.63, 3.8) is 0 Å². The summed E-state index contributed by atoms with van der Waals surface area (Å²) >= 11 is 5.43. The minimum absolute atomic E-state index is 0.143. The van der Waals surface area contributed by atoms with Crippen molar-refractivity contribution in [2.24, 2.45) is 0 Å². The topological polar surface area (TPSA) is 29.5 Å². The lowest BCUT2D eigenvalue weighted by Gasteiger charge is -2.22. The van der Waals surface area contributed by atoms with E-state index in [0.717, 1.165) is 17.5 Å². The molecular weight excluding hydrogens is 366 g/mol. The van der Waals surface area contributed by atoms with E-state index in [0.29, 0.717) is 12.3 Å². The van der Waals surface area contributed by atoms with Crippen molar-refractivity contribution in [2.45, 2.75) is 6.42 Å². The monoisotopic (exact) mass is 387 g/mol. The Labute approximate surface area is 170 Å². The number of carbonyl (C=O) groups is 1. The molecule has 0 fully saturated rings. The molecule has 0 aliphatic heterocycles. The summed E-state index contributed by atoms with van der Waals surface area (Å²) in [6, 6.07) is 29.0. The molecule has 0 aliphatic carbocycles. The summed E-state index contributed by atoms with van der Waals surface area (Å²) in [6.07, 6.45) is 4.00. The third-order valence-electron chi connectivity index (χ3n) is 4.09. The highest BCUT2D eigenvalue weighted by Crippen LogP contribution is 2.16. The van der Waals surface area contributed by atoms with Crippen LogP contribution in [0.3, 0.4) is 0 Å². The van der Waals surface area contributed by atoms with Crippen LogP contribution < -0.4 is 4.90 Å². The lowest BCUT2D eigenvalue weighted by Crippen LogP contribution is -2.36. The average molecular weight is 388 g/mol. The van der Waals surface area contributed by atoms with Gasteiger partial charge in [0.2, 0.25) is 0 Å². The standard InChI is InChI=1S/C24H21NO2S/c26-23(17-16-20-10-4-1-5-11-20)25(22-14-8-3-9-15-22)24(28)27-19-18-21-12-6-2-7-13-21/h1-17H,18-19H2/b17-16+. The van der Waals surface area contributed by atoms with Crippen molar-refractivity contribution >= 4 is 35.1 Å². The van der Waals surface area contributed by atoms with Crippen molar-refractivity contribution in [3.8, 4) is 0 Å². The van der Waals surface area contributed by atoms with E-state index in [2.05, 4.69) is 0 Å². The van der Waals surface area contributed by atoms with E-state index in [9.17, 15) is 4.79 Å². The van der Waals surface area contributed by atoms with Crippen LogP contribution in [0.2, 0.25) is 0 Å². The molecule has 0 heterocycles. The first-order chi connectivity index (χ1) is 13.7. The maximum Gasteiger partial charge on any atom is 0.271 e. The van der Waals surface area contributed by atoms with Gasteiger partial charge in [0.1, 0.15) is 0 Å². The van der Waals surface area contributed by atoms with E-state index in [-0.39, 0.29) is 11.1 Å². The Hall–Kier alpha value is -3.24. The van der Waals surface area contributed by atoms with Gasteiger partial charge in [-0.15, -0.1) is 0 Å². The fourth-order valence-electron chi connectivity index (χ4n) is 2.67. The summed E-state index contributed by atoms with van der Waals surface area (Å²) in [6.45, 7) is 0.405. The molecule has 0 N–H and O–H groups in total. The third kappa shape index (κ3) is 5.63. The van der Waals surface area contributed by atoms with Crippen LogP contribution in [0.15, 0.2) is 97.1 Å². The molecule has 3 nitrogen and oxygen atoms in total. The first-order valence-electron chi connectivity index (χ1n) is 9.07. The molecular formula is C24H21NO2S. The van der Waals surface area contributed by atoms with E-state index in [1.807, 2.05) is 91.0 Å². The second kappa shape index (κ2) is 10.2. The smallest absolute Gasteiger partial charge is 0.271 e. The molecule has 140 valence electrons. The SMILES string of the molecule is O=C(/C=C/c1ccccc1)N(C(=S)OCCc1ccccc1)c1ccccc1. The second-order valence-electron chi connectivity index (χ2n) is 6.10. The molecule has 3 aromatic rings. The molecule has 0 saturated heterocycles. The van der Waals surface area contributed by atoms with Crippen LogP contribution >= 0.6 is 12.2 Å². The third-order valence-corrected chi connectivity index (χ3v) is 4.39. The molecule has 3 rings (SSSR count). The number of amides is 1. The summed E-state index contributed by atoms with van der Waals surface area (Å²) in [4.78, 5) is 14.3. The first kappa shape index (κ1) is 19.5. The number of carbonyl (C=O) groups excluding carboxylic acids is 1. The Balaban J connectivity index is 1.70. The highest BCUT2D eigenvalue weighted by molar-refractivity contribution is 7.80. The molecule has 0 atom stereocenters. The van der Waals surface area contributed by atoms with E-state index in [1.165, 1.54) is 11.0 Å². The predicted octanol–water partition coefficient (Wildman–Crippen LogP) is 5.28. The van der Waals surface area contributed by atoms with Crippen molar-refractivity contribution in [2.75, 3.05) is 11.5 Å². The summed E-state index contributed by atoms with van der Waals surface area (Å²) < 4.78 is 5.74. The minimum atomic E-state index is -0.250.